The normalized spacial score (nSPS) is 16.8. The van der Waals surface area contributed by atoms with Crippen LogP contribution in [0.5, 0.6) is 0 Å². The van der Waals surface area contributed by atoms with Crippen molar-refractivity contribution in [3.8, 4) is 0 Å². The molecule has 0 fully saturated rings. The molecule has 0 saturated carbocycles. The Labute approximate surface area is 134 Å². The van der Waals surface area contributed by atoms with Gasteiger partial charge in [0.05, 0.1) is 11.8 Å². The zero-order chi connectivity index (χ0) is 15.8. The first-order chi connectivity index (χ1) is 11.2. The lowest BCUT2D eigenvalue weighted by Gasteiger charge is -2.36. The van der Waals surface area contributed by atoms with Crippen LogP contribution >= 0.6 is 0 Å². The third kappa shape index (κ3) is 2.28. The Hall–Kier alpha value is -3.01. The largest absolute Gasteiger partial charge is 0.465 e. The third-order valence-electron chi connectivity index (χ3n) is 4.02. The van der Waals surface area contributed by atoms with Gasteiger partial charge in [-0.3, -0.25) is 9.69 Å². The molecule has 0 radical (unpaired) electrons. The summed E-state index contributed by atoms with van der Waals surface area (Å²) in [4.78, 5) is 14.8. The molecule has 3 aromatic rings. The summed E-state index contributed by atoms with van der Waals surface area (Å²) in [6.07, 6.45) is 1.25. The van der Waals surface area contributed by atoms with E-state index in [1.807, 2.05) is 67.6 Å². The van der Waals surface area contributed by atoms with Gasteiger partial charge in [0.2, 0.25) is 0 Å². The molecule has 1 aromatic heterocycles. The SMILES string of the molecule is Cc1cccc(N2C(=O)c3ccccc3N[C@H]2c2ccco2)c1. The maximum atomic E-state index is 13.1. The molecule has 1 aliphatic heterocycles. The van der Waals surface area contributed by atoms with Crippen LogP contribution in [-0.4, -0.2) is 5.91 Å². The first kappa shape index (κ1) is 13.6. The van der Waals surface area contributed by atoms with Crippen molar-refractivity contribution < 1.29 is 9.21 Å². The minimum absolute atomic E-state index is 0.0358. The van der Waals surface area contributed by atoms with Crippen LogP contribution < -0.4 is 10.2 Å². The Bertz CT molecular complexity index is 855. The number of anilines is 2. The molecule has 4 rings (SSSR count). The first-order valence-corrected chi connectivity index (χ1v) is 7.53. The summed E-state index contributed by atoms with van der Waals surface area (Å²) in [5.41, 5.74) is 3.44. The summed E-state index contributed by atoms with van der Waals surface area (Å²) in [6.45, 7) is 2.02. The van der Waals surface area contributed by atoms with Gasteiger partial charge in [-0.2, -0.15) is 0 Å². The highest BCUT2D eigenvalue weighted by molar-refractivity contribution is 6.12. The van der Waals surface area contributed by atoms with E-state index in [1.54, 1.807) is 11.2 Å². The standard InChI is InChI=1S/C19H16N2O2/c1-13-6-4-7-14(12-13)21-18(17-10-5-11-23-17)20-16-9-3-2-8-15(16)19(21)22/h2-12,18,20H,1H3/t18-/m1/s1. The number of aryl methyl sites for hydroxylation is 1. The minimum Gasteiger partial charge on any atom is -0.465 e. The Morgan fingerprint density at radius 1 is 1.04 bits per heavy atom. The molecule has 1 aliphatic rings. The highest BCUT2D eigenvalue weighted by Crippen LogP contribution is 2.36. The maximum Gasteiger partial charge on any atom is 0.262 e. The number of nitrogens with one attached hydrogen (secondary N) is 1. The monoisotopic (exact) mass is 304 g/mol. The number of hydrogen-bond acceptors (Lipinski definition) is 3. The number of nitrogens with zero attached hydrogens (tertiary/aromatic N) is 1. The predicted molar refractivity (Wildman–Crippen MR) is 89.5 cm³/mol. The van der Waals surface area contributed by atoms with E-state index in [1.165, 1.54) is 0 Å². The quantitative estimate of drug-likeness (QED) is 0.765. The van der Waals surface area contributed by atoms with Gasteiger partial charge in [-0.1, -0.05) is 24.3 Å². The van der Waals surface area contributed by atoms with E-state index >= 15 is 0 Å². The van der Waals surface area contributed by atoms with Crippen LogP contribution in [-0.2, 0) is 0 Å². The van der Waals surface area contributed by atoms with E-state index in [0.717, 1.165) is 16.9 Å². The van der Waals surface area contributed by atoms with Crippen molar-refractivity contribution >= 4 is 17.3 Å². The molecular weight excluding hydrogens is 288 g/mol. The summed E-state index contributed by atoms with van der Waals surface area (Å²) in [7, 11) is 0. The van der Waals surface area contributed by atoms with Crippen LogP contribution in [0.2, 0.25) is 0 Å². The topological polar surface area (TPSA) is 45.5 Å². The van der Waals surface area contributed by atoms with E-state index in [9.17, 15) is 4.79 Å². The number of hydrogen-bond donors (Lipinski definition) is 1. The van der Waals surface area contributed by atoms with Gasteiger partial charge >= 0.3 is 0 Å². The van der Waals surface area contributed by atoms with Gasteiger partial charge in [0, 0.05) is 11.4 Å². The number of carbonyl (C=O) groups is 1. The molecule has 0 saturated heterocycles. The van der Waals surface area contributed by atoms with E-state index in [-0.39, 0.29) is 12.1 Å². The van der Waals surface area contributed by atoms with Gasteiger partial charge in [0.1, 0.15) is 5.76 Å². The summed E-state index contributed by atoms with van der Waals surface area (Å²) in [6, 6.07) is 19.2. The second-order valence-electron chi connectivity index (χ2n) is 5.62. The second-order valence-corrected chi connectivity index (χ2v) is 5.62. The lowest BCUT2D eigenvalue weighted by atomic mass is 10.0. The molecule has 1 N–H and O–H groups in total. The Morgan fingerprint density at radius 3 is 2.70 bits per heavy atom. The fourth-order valence-corrected chi connectivity index (χ4v) is 2.94. The van der Waals surface area contributed by atoms with Crippen LogP contribution in [0.3, 0.4) is 0 Å². The molecule has 0 aliphatic carbocycles. The molecule has 2 heterocycles. The molecule has 114 valence electrons. The molecule has 1 amide bonds. The van der Waals surface area contributed by atoms with Crippen molar-refractivity contribution in [2.75, 3.05) is 10.2 Å². The number of rotatable bonds is 2. The second kappa shape index (κ2) is 5.32. The van der Waals surface area contributed by atoms with E-state index in [4.69, 9.17) is 4.42 Å². The van der Waals surface area contributed by atoms with Crippen LogP contribution in [0.4, 0.5) is 11.4 Å². The Balaban J connectivity index is 1.87. The number of para-hydroxylation sites is 1. The van der Waals surface area contributed by atoms with Gasteiger partial charge in [0.15, 0.2) is 6.17 Å². The average Bonchev–Trinajstić information content (AvgIpc) is 3.09. The Morgan fingerprint density at radius 2 is 1.91 bits per heavy atom. The predicted octanol–water partition coefficient (Wildman–Crippen LogP) is 4.36. The molecule has 4 nitrogen and oxygen atoms in total. The van der Waals surface area contributed by atoms with Gasteiger partial charge < -0.3 is 9.73 Å². The summed E-state index contributed by atoms with van der Waals surface area (Å²) >= 11 is 0. The number of amides is 1. The lowest BCUT2D eigenvalue weighted by Crippen LogP contribution is -2.43. The fraction of sp³-hybridized carbons (Fsp3) is 0.105. The molecule has 0 unspecified atom stereocenters. The minimum atomic E-state index is -0.366. The summed E-state index contributed by atoms with van der Waals surface area (Å²) in [5.74, 6) is 0.667. The number of furan rings is 1. The van der Waals surface area contributed by atoms with E-state index in [0.29, 0.717) is 11.3 Å². The highest BCUT2D eigenvalue weighted by Gasteiger charge is 2.35. The van der Waals surface area contributed by atoms with Gasteiger partial charge in [-0.15, -0.1) is 0 Å². The van der Waals surface area contributed by atoms with Crippen molar-refractivity contribution in [1.29, 1.82) is 0 Å². The Kier molecular flexibility index (Phi) is 3.15. The van der Waals surface area contributed by atoms with Gasteiger partial charge in [-0.25, -0.2) is 0 Å². The van der Waals surface area contributed by atoms with Crippen molar-refractivity contribution in [3.05, 3.63) is 83.8 Å². The zero-order valence-corrected chi connectivity index (χ0v) is 12.7. The third-order valence-corrected chi connectivity index (χ3v) is 4.02. The van der Waals surface area contributed by atoms with Crippen molar-refractivity contribution in [2.45, 2.75) is 13.1 Å². The molecule has 0 spiro atoms. The molecular formula is C19H16N2O2. The van der Waals surface area contributed by atoms with Crippen molar-refractivity contribution in [1.82, 2.24) is 0 Å². The highest BCUT2D eigenvalue weighted by atomic mass is 16.3. The van der Waals surface area contributed by atoms with Crippen LogP contribution in [0.1, 0.15) is 27.8 Å². The first-order valence-electron chi connectivity index (χ1n) is 7.53. The summed E-state index contributed by atoms with van der Waals surface area (Å²) in [5, 5.41) is 3.41. The number of carbonyl (C=O) groups excluding carboxylic acids is 1. The average molecular weight is 304 g/mol. The van der Waals surface area contributed by atoms with Gasteiger partial charge in [0.25, 0.3) is 5.91 Å². The van der Waals surface area contributed by atoms with E-state index < -0.39 is 0 Å². The van der Waals surface area contributed by atoms with Crippen LogP contribution in [0, 0.1) is 6.92 Å². The molecule has 0 bridgehead atoms. The molecule has 2 aromatic carbocycles. The number of fused-ring (bicyclic) bond motifs is 1. The lowest BCUT2D eigenvalue weighted by molar-refractivity contribution is 0.0972. The van der Waals surface area contributed by atoms with Gasteiger partial charge in [-0.05, 0) is 48.9 Å². The molecule has 1 atom stereocenters. The smallest absolute Gasteiger partial charge is 0.262 e. The van der Waals surface area contributed by atoms with E-state index in [2.05, 4.69) is 5.32 Å². The van der Waals surface area contributed by atoms with Crippen LogP contribution in [0.25, 0.3) is 0 Å². The fourth-order valence-electron chi connectivity index (χ4n) is 2.94. The molecule has 4 heteroatoms. The van der Waals surface area contributed by atoms with Crippen LogP contribution in [0.15, 0.2) is 71.3 Å². The maximum absolute atomic E-state index is 13.1. The summed E-state index contributed by atoms with van der Waals surface area (Å²) < 4.78 is 5.56. The molecule has 23 heavy (non-hydrogen) atoms. The van der Waals surface area contributed by atoms with Crippen molar-refractivity contribution in [2.24, 2.45) is 0 Å². The van der Waals surface area contributed by atoms with Crippen molar-refractivity contribution in [3.63, 3.8) is 0 Å². The number of benzene rings is 2. The zero-order valence-electron chi connectivity index (χ0n) is 12.7.